The average molecular weight is 553 g/mol. The first-order chi connectivity index (χ1) is 18.4. The molecule has 4 N–H and O–H groups in total. The smallest absolute Gasteiger partial charge is 0.416 e. The minimum atomic E-state index is -4.56. The van der Waals surface area contributed by atoms with E-state index in [1.54, 1.807) is 44.2 Å². The summed E-state index contributed by atoms with van der Waals surface area (Å²) in [6.45, 7) is 2.96. The molecule has 1 aromatic heterocycles. The van der Waals surface area contributed by atoms with E-state index < -0.39 is 49.1 Å². The molecule has 0 amide bonds. The van der Waals surface area contributed by atoms with Crippen molar-refractivity contribution in [2.24, 2.45) is 0 Å². The minimum Gasteiger partial charge on any atom is -0.497 e. The van der Waals surface area contributed by atoms with Gasteiger partial charge < -0.3 is 34.6 Å². The Kier molecular flexibility index (Phi) is 8.52. The molecule has 0 spiro atoms. The zero-order valence-electron chi connectivity index (χ0n) is 21.5. The molecule has 0 aliphatic carbocycles. The predicted molar refractivity (Wildman–Crippen MR) is 133 cm³/mol. The van der Waals surface area contributed by atoms with Gasteiger partial charge in [0.1, 0.15) is 30.2 Å². The summed E-state index contributed by atoms with van der Waals surface area (Å²) in [4.78, 5) is 0. The Balaban J connectivity index is 1.84. The minimum absolute atomic E-state index is 0.0451. The highest BCUT2D eigenvalue weighted by Crippen LogP contribution is 2.39. The molecule has 2 heterocycles. The second-order valence-electron chi connectivity index (χ2n) is 9.59. The van der Waals surface area contributed by atoms with Crippen LogP contribution in [0.15, 0.2) is 48.5 Å². The lowest BCUT2D eigenvalue weighted by atomic mass is 9.98. The number of hydrogen-bond donors (Lipinski definition) is 4. The number of halogens is 3. The summed E-state index contributed by atoms with van der Waals surface area (Å²) in [7, 11) is 1.53. The monoisotopic (exact) mass is 552 g/mol. The zero-order chi connectivity index (χ0) is 28.5. The van der Waals surface area contributed by atoms with Crippen LogP contribution in [0, 0.1) is 0 Å². The Morgan fingerprint density at radius 3 is 2.31 bits per heavy atom. The van der Waals surface area contributed by atoms with Crippen molar-refractivity contribution < 1.29 is 47.8 Å². The second kappa shape index (κ2) is 11.5. The number of ether oxygens (including phenoxy) is 3. The number of hydrogen-bond acceptors (Lipinski definition) is 8. The molecule has 2 aromatic carbocycles. The fraction of sp³-hybridized carbons (Fsp3) is 0.444. The molecule has 1 aliphatic heterocycles. The number of methoxy groups -OCH3 is 1. The van der Waals surface area contributed by atoms with Crippen molar-refractivity contribution in [2.45, 2.75) is 63.2 Å². The Morgan fingerprint density at radius 1 is 1.03 bits per heavy atom. The molecule has 1 saturated heterocycles. The highest BCUT2D eigenvalue weighted by Gasteiger charge is 2.45. The first kappa shape index (κ1) is 28.8. The summed E-state index contributed by atoms with van der Waals surface area (Å²) >= 11 is 0. The number of alkyl halides is 3. The lowest BCUT2D eigenvalue weighted by Gasteiger charge is -2.39. The lowest BCUT2D eigenvalue weighted by Crippen LogP contribution is -2.60. The van der Waals surface area contributed by atoms with Crippen molar-refractivity contribution in [1.29, 1.82) is 0 Å². The van der Waals surface area contributed by atoms with Gasteiger partial charge in [-0.3, -0.25) is 4.68 Å². The van der Waals surface area contributed by atoms with Crippen LogP contribution in [0.2, 0.25) is 0 Å². The van der Waals surface area contributed by atoms with Crippen molar-refractivity contribution in [3.8, 4) is 22.9 Å². The first-order valence-corrected chi connectivity index (χ1v) is 12.3. The third-order valence-electron chi connectivity index (χ3n) is 6.54. The van der Waals surface area contributed by atoms with Crippen LogP contribution >= 0.6 is 0 Å². The molecular formula is C27H31F3N2O7. The first-order valence-electron chi connectivity index (χ1n) is 12.3. The van der Waals surface area contributed by atoms with Crippen molar-refractivity contribution in [2.75, 3.05) is 13.7 Å². The number of aliphatic hydroxyl groups excluding tert-OH is 4. The van der Waals surface area contributed by atoms with Crippen LogP contribution in [0.4, 0.5) is 13.2 Å². The quantitative estimate of drug-likeness (QED) is 0.336. The van der Waals surface area contributed by atoms with Crippen LogP contribution in [-0.4, -0.2) is 74.6 Å². The third-order valence-corrected chi connectivity index (χ3v) is 6.54. The molecule has 1 aliphatic rings. The van der Waals surface area contributed by atoms with Gasteiger partial charge in [-0.05, 0) is 43.7 Å². The van der Waals surface area contributed by atoms with E-state index in [4.69, 9.17) is 14.2 Å². The van der Waals surface area contributed by atoms with Gasteiger partial charge in [0.2, 0.25) is 12.2 Å². The molecular weight excluding hydrogens is 521 g/mol. The topological polar surface area (TPSA) is 126 Å². The van der Waals surface area contributed by atoms with Gasteiger partial charge in [-0.1, -0.05) is 24.3 Å². The fourth-order valence-corrected chi connectivity index (χ4v) is 4.45. The molecule has 9 nitrogen and oxygen atoms in total. The standard InChI is InChI=1S/C27H31F3N2O7/c1-14(2)32-21(16-5-4-6-17(12-16)27(28,29)30)19(11-15-7-9-18(37-3)10-8-15)25(31-32)39-26-24(36)23(35)22(34)20(13-33)38-26/h4-10,12,14,20,22-24,26,33-36H,11,13H2,1-3H3/t20-,22-,23+,24-,26+/m1/s1. The van der Waals surface area contributed by atoms with Crippen LogP contribution in [0.1, 0.15) is 36.6 Å². The number of nitrogens with zero attached hydrogens (tertiary/aromatic N) is 2. The molecule has 0 radical (unpaired) electrons. The second-order valence-corrected chi connectivity index (χ2v) is 9.59. The van der Waals surface area contributed by atoms with Crippen LogP contribution < -0.4 is 9.47 Å². The highest BCUT2D eigenvalue weighted by molar-refractivity contribution is 5.68. The summed E-state index contributed by atoms with van der Waals surface area (Å²) < 4.78 is 58.9. The largest absolute Gasteiger partial charge is 0.497 e. The molecule has 39 heavy (non-hydrogen) atoms. The van der Waals surface area contributed by atoms with Gasteiger partial charge in [0.25, 0.3) is 0 Å². The van der Waals surface area contributed by atoms with E-state index in [0.29, 0.717) is 17.0 Å². The van der Waals surface area contributed by atoms with Gasteiger partial charge in [0, 0.05) is 23.6 Å². The molecule has 212 valence electrons. The van der Waals surface area contributed by atoms with Crippen molar-refractivity contribution in [3.63, 3.8) is 0 Å². The van der Waals surface area contributed by atoms with E-state index in [-0.39, 0.29) is 23.9 Å². The maximum atomic E-state index is 13.6. The number of aromatic nitrogens is 2. The van der Waals surface area contributed by atoms with E-state index in [9.17, 15) is 33.6 Å². The molecule has 0 bridgehead atoms. The lowest BCUT2D eigenvalue weighted by molar-refractivity contribution is -0.278. The van der Waals surface area contributed by atoms with E-state index in [0.717, 1.165) is 17.7 Å². The van der Waals surface area contributed by atoms with Gasteiger partial charge >= 0.3 is 6.18 Å². The SMILES string of the molecule is COc1ccc(Cc2c(O[C@@H]3O[C@H](CO)[C@@H](O)[C@H](O)[C@H]3O)nn(C(C)C)c2-c2cccc(C(F)(F)F)c2)cc1. The molecule has 5 atom stereocenters. The van der Waals surface area contributed by atoms with Gasteiger partial charge in [0.15, 0.2) is 0 Å². The Morgan fingerprint density at radius 2 is 1.72 bits per heavy atom. The fourth-order valence-electron chi connectivity index (χ4n) is 4.45. The predicted octanol–water partition coefficient (Wildman–Crippen LogP) is 2.93. The summed E-state index contributed by atoms with van der Waals surface area (Å²) in [5.41, 5.74) is 0.962. The summed E-state index contributed by atoms with van der Waals surface area (Å²) in [6, 6.07) is 11.6. The molecule has 3 aromatic rings. The van der Waals surface area contributed by atoms with Gasteiger partial charge in [-0.2, -0.15) is 13.2 Å². The van der Waals surface area contributed by atoms with E-state index >= 15 is 0 Å². The van der Waals surface area contributed by atoms with Crippen LogP contribution in [0.25, 0.3) is 11.3 Å². The Bertz CT molecular complexity index is 1260. The Hall–Kier alpha value is -3.16. The normalized spacial score (nSPS) is 23.7. The van der Waals surface area contributed by atoms with Crippen molar-refractivity contribution >= 4 is 0 Å². The van der Waals surface area contributed by atoms with Crippen LogP contribution in [0.3, 0.4) is 0 Å². The number of aliphatic hydroxyl groups is 4. The average Bonchev–Trinajstić information content (AvgIpc) is 3.27. The number of benzene rings is 2. The maximum absolute atomic E-state index is 13.6. The number of rotatable bonds is 8. The van der Waals surface area contributed by atoms with Gasteiger partial charge in [-0.15, -0.1) is 5.10 Å². The summed E-state index contributed by atoms with van der Waals surface area (Å²) in [5, 5.41) is 44.9. The maximum Gasteiger partial charge on any atom is 0.416 e. The summed E-state index contributed by atoms with van der Waals surface area (Å²) in [5.74, 6) is 0.573. The summed E-state index contributed by atoms with van der Waals surface area (Å²) in [6.07, 6.45) is -12.1. The van der Waals surface area contributed by atoms with Crippen LogP contribution in [0.5, 0.6) is 11.6 Å². The highest BCUT2D eigenvalue weighted by atomic mass is 19.4. The van der Waals surface area contributed by atoms with Gasteiger partial charge in [-0.25, -0.2) is 0 Å². The molecule has 4 rings (SSSR count). The van der Waals surface area contributed by atoms with Crippen molar-refractivity contribution in [1.82, 2.24) is 9.78 Å². The van der Waals surface area contributed by atoms with Gasteiger partial charge in [0.05, 0.1) is 25.0 Å². The molecule has 12 heteroatoms. The van der Waals surface area contributed by atoms with Crippen LogP contribution in [-0.2, 0) is 17.3 Å². The van der Waals surface area contributed by atoms with E-state index in [2.05, 4.69) is 5.10 Å². The molecule has 0 unspecified atom stereocenters. The molecule has 1 fully saturated rings. The van der Waals surface area contributed by atoms with E-state index in [1.807, 2.05) is 0 Å². The zero-order valence-corrected chi connectivity index (χ0v) is 21.5. The van der Waals surface area contributed by atoms with E-state index in [1.165, 1.54) is 17.9 Å². The third kappa shape index (κ3) is 6.04. The molecule has 0 saturated carbocycles. The Labute approximate surface area is 223 Å². The van der Waals surface area contributed by atoms with Crippen molar-refractivity contribution in [3.05, 3.63) is 65.2 Å².